The normalized spacial score (nSPS) is 22.4. The molecule has 1 spiro atoms. The molecule has 1 aromatic rings. The molecule has 3 heteroatoms. The van der Waals surface area contributed by atoms with Gasteiger partial charge in [-0.15, -0.1) is 0 Å². The first-order valence-corrected chi connectivity index (χ1v) is 6.84. The van der Waals surface area contributed by atoms with E-state index in [1.807, 2.05) is 12.1 Å². The average molecular weight is 334 g/mol. The third-order valence-corrected chi connectivity index (χ3v) is 4.82. The fraction of sp³-hybridized carbons (Fsp3) is 0.500. The van der Waals surface area contributed by atoms with Crippen molar-refractivity contribution in [1.29, 1.82) is 0 Å². The maximum atomic E-state index is 5.95. The van der Waals surface area contributed by atoms with E-state index < -0.39 is 0 Å². The van der Waals surface area contributed by atoms with Crippen LogP contribution in [0.5, 0.6) is 0 Å². The van der Waals surface area contributed by atoms with E-state index in [2.05, 4.69) is 33.6 Å². The SMILES string of the molecule is Clc1ccc(N2CC3(CCC3)C2)c(I)c1. The molecule has 15 heavy (non-hydrogen) atoms. The van der Waals surface area contributed by atoms with E-state index in [4.69, 9.17) is 11.6 Å². The maximum Gasteiger partial charge on any atom is 0.0503 e. The van der Waals surface area contributed by atoms with E-state index in [0.717, 1.165) is 5.02 Å². The summed E-state index contributed by atoms with van der Waals surface area (Å²) in [5.41, 5.74) is 2.06. The van der Waals surface area contributed by atoms with E-state index in [1.54, 1.807) is 0 Å². The summed E-state index contributed by atoms with van der Waals surface area (Å²) in [7, 11) is 0. The Morgan fingerprint density at radius 2 is 2.00 bits per heavy atom. The van der Waals surface area contributed by atoms with Gasteiger partial charge in [-0.05, 0) is 53.6 Å². The molecule has 1 heterocycles. The van der Waals surface area contributed by atoms with Crippen molar-refractivity contribution in [2.75, 3.05) is 18.0 Å². The number of hydrogen-bond acceptors (Lipinski definition) is 1. The van der Waals surface area contributed by atoms with E-state index in [9.17, 15) is 0 Å². The second kappa shape index (κ2) is 3.52. The monoisotopic (exact) mass is 333 g/mol. The Morgan fingerprint density at radius 3 is 2.53 bits per heavy atom. The predicted octanol–water partition coefficient (Wildman–Crippen LogP) is 3.93. The van der Waals surface area contributed by atoms with Crippen LogP contribution in [0.1, 0.15) is 19.3 Å². The Morgan fingerprint density at radius 1 is 1.27 bits per heavy atom. The van der Waals surface area contributed by atoms with Gasteiger partial charge < -0.3 is 4.90 Å². The zero-order valence-electron chi connectivity index (χ0n) is 8.47. The Labute approximate surface area is 109 Å². The van der Waals surface area contributed by atoms with Crippen molar-refractivity contribution in [3.05, 3.63) is 26.8 Å². The first-order valence-electron chi connectivity index (χ1n) is 5.39. The number of hydrogen-bond donors (Lipinski definition) is 0. The minimum Gasteiger partial charge on any atom is -0.369 e. The Hall–Kier alpha value is 0.0400. The minimum atomic E-state index is 0.697. The summed E-state index contributed by atoms with van der Waals surface area (Å²) < 4.78 is 1.27. The van der Waals surface area contributed by atoms with Gasteiger partial charge in [0.15, 0.2) is 0 Å². The van der Waals surface area contributed by atoms with Gasteiger partial charge >= 0.3 is 0 Å². The third-order valence-electron chi connectivity index (χ3n) is 3.72. The van der Waals surface area contributed by atoms with Crippen LogP contribution in [0, 0.1) is 8.99 Å². The van der Waals surface area contributed by atoms with Gasteiger partial charge in [-0.2, -0.15) is 0 Å². The lowest BCUT2D eigenvalue weighted by Crippen LogP contribution is -2.60. The zero-order chi connectivity index (χ0) is 10.5. The van der Waals surface area contributed by atoms with Crippen LogP contribution in [-0.4, -0.2) is 13.1 Å². The smallest absolute Gasteiger partial charge is 0.0503 e. The largest absolute Gasteiger partial charge is 0.369 e. The summed E-state index contributed by atoms with van der Waals surface area (Å²) in [5, 5.41) is 0.835. The lowest BCUT2D eigenvalue weighted by molar-refractivity contribution is 0.0903. The molecule has 0 unspecified atom stereocenters. The molecule has 3 rings (SSSR count). The van der Waals surface area contributed by atoms with Gasteiger partial charge in [0.2, 0.25) is 0 Å². The standard InChI is InChI=1S/C12H13ClIN/c13-9-2-3-11(10(14)6-9)15-7-12(8-15)4-1-5-12/h2-3,6H,1,4-5,7-8H2. The lowest BCUT2D eigenvalue weighted by Gasteiger charge is -2.57. The molecule has 1 aliphatic carbocycles. The number of halogens is 2. The average Bonchev–Trinajstić information content (AvgIpc) is 2.03. The first-order chi connectivity index (χ1) is 7.19. The third kappa shape index (κ3) is 1.66. The number of rotatable bonds is 1. The molecule has 1 nitrogen and oxygen atoms in total. The molecule has 1 saturated carbocycles. The number of nitrogens with zero attached hydrogens (tertiary/aromatic N) is 1. The fourth-order valence-electron chi connectivity index (χ4n) is 2.66. The van der Waals surface area contributed by atoms with Crippen molar-refractivity contribution < 1.29 is 0 Å². The molecule has 2 aliphatic rings. The lowest BCUT2D eigenvalue weighted by atomic mass is 9.63. The molecule has 80 valence electrons. The summed E-state index contributed by atoms with van der Waals surface area (Å²) in [6, 6.07) is 6.18. The van der Waals surface area contributed by atoms with Crippen LogP contribution in [-0.2, 0) is 0 Å². The fourth-order valence-corrected chi connectivity index (χ4v) is 3.88. The van der Waals surface area contributed by atoms with Crippen molar-refractivity contribution in [2.24, 2.45) is 5.41 Å². The maximum absolute atomic E-state index is 5.95. The van der Waals surface area contributed by atoms with Crippen LogP contribution in [0.2, 0.25) is 5.02 Å². The molecular formula is C12H13ClIN. The van der Waals surface area contributed by atoms with Crippen LogP contribution in [0.15, 0.2) is 18.2 Å². The summed E-state index contributed by atoms with van der Waals surface area (Å²) in [5.74, 6) is 0. The molecule has 0 aromatic heterocycles. The van der Waals surface area contributed by atoms with Gasteiger partial charge in [0, 0.05) is 27.1 Å². The van der Waals surface area contributed by atoms with Crippen LogP contribution in [0.25, 0.3) is 0 Å². The Bertz CT molecular complexity index is 393. The highest BCUT2D eigenvalue weighted by molar-refractivity contribution is 14.1. The zero-order valence-corrected chi connectivity index (χ0v) is 11.4. The number of benzene rings is 1. The number of anilines is 1. The van der Waals surface area contributed by atoms with Gasteiger partial charge in [0.1, 0.15) is 0 Å². The van der Waals surface area contributed by atoms with Crippen molar-refractivity contribution >= 4 is 39.9 Å². The van der Waals surface area contributed by atoms with Crippen LogP contribution >= 0.6 is 34.2 Å². The van der Waals surface area contributed by atoms with E-state index in [1.165, 1.54) is 41.6 Å². The second-order valence-corrected chi connectivity index (χ2v) is 6.40. The van der Waals surface area contributed by atoms with Crippen LogP contribution < -0.4 is 4.90 Å². The molecule has 0 bridgehead atoms. The highest BCUT2D eigenvalue weighted by atomic mass is 127. The van der Waals surface area contributed by atoms with Gasteiger partial charge in [0.25, 0.3) is 0 Å². The molecule has 1 saturated heterocycles. The van der Waals surface area contributed by atoms with E-state index >= 15 is 0 Å². The van der Waals surface area contributed by atoms with Crippen molar-refractivity contribution in [3.63, 3.8) is 0 Å². The molecule has 0 N–H and O–H groups in total. The summed E-state index contributed by atoms with van der Waals surface area (Å²) >= 11 is 8.33. The predicted molar refractivity (Wildman–Crippen MR) is 72.7 cm³/mol. The highest BCUT2D eigenvalue weighted by Gasteiger charge is 2.47. The quantitative estimate of drug-likeness (QED) is 0.704. The van der Waals surface area contributed by atoms with E-state index in [0.29, 0.717) is 5.41 Å². The van der Waals surface area contributed by atoms with Crippen molar-refractivity contribution in [2.45, 2.75) is 19.3 Å². The van der Waals surface area contributed by atoms with Gasteiger partial charge in [0.05, 0.1) is 5.69 Å². The van der Waals surface area contributed by atoms with Gasteiger partial charge in [-0.3, -0.25) is 0 Å². The minimum absolute atomic E-state index is 0.697. The Balaban J connectivity index is 1.77. The summed E-state index contributed by atoms with van der Waals surface area (Å²) in [6.45, 7) is 2.51. The van der Waals surface area contributed by atoms with Gasteiger partial charge in [-0.25, -0.2) is 0 Å². The summed E-state index contributed by atoms with van der Waals surface area (Å²) in [6.07, 6.45) is 4.31. The molecule has 0 radical (unpaired) electrons. The topological polar surface area (TPSA) is 3.24 Å². The van der Waals surface area contributed by atoms with E-state index in [-0.39, 0.29) is 0 Å². The van der Waals surface area contributed by atoms with Crippen LogP contribution in [0.3, 0.4) is 0 Å². The highest BCUT2D eigenvalue weighted by Crippen LogP contribution is 2.50. The van der Waals surface area contributed by atoms with Crippen LogP contribution in [0.4, 0.5) is 5.69 Å². The molecule has 0 atom stereocenters. The Kier molecular flexibility index (Phi) is 2.40. The van der Waals surface area contributed by atoms with Gasteiger partial charge in [-0.1, -0.05) is 18.0 Å². The second-order valence-electron chi connectivity index (χ2n) is 4.81. The van der Waals surface area contributed by atoms with Crippen molar-refractivity contribution in [1.82, 2.24) is 0 Å². The van der Waals surface area contributed by atoms with Crippen molar-refractivity contribution in [3.8, 4) is 0 Å². The molecular weight excluding hydrogens is 320 g/mol. The molecule has 0 amide bonds. The first kappa shape index (κ1) is 10.2. The summed E-state index contributed by atoms with van der Waals surface area (Å²) in [4.78, 5) is 2.48. The molecule has 1 aliphatic heterocycles. The molecule has 2 fully saturated rings. The molecule has 1 aromatic carbocycles.